The smallest absolute Gasteiger partial charge is 0.374 e. The Balaban J connectivity index is 2.02. The van der Waals surface area contributed by atoms with Crippen molar-refractivity contribution in [3.63, 3.8) is 0 Å². The minimum atomic E-state index is -0.629. The first kappa shape index (κ1) is 16.4. The van der Waals surface area contributed by atoms with Crippen LogP contribution in [0.3, 0.4) is 0 Å². The molecule has 0 radical (unpaired) electrons. The molecule has 0 unspecified atom stereocenters. The van der Waals surface area contributed by atoms with Crippen LogP contribution in [0, 0.1) is 17.7 Å². The molecule has 2 rings (SSSR count). The van der Waals surface area contributed by atoms with E-state index in [2.05, 4.69) is 27.1 Å². The normalized spacial score (nSPS) is 10.4. The average Bonchev–Trinajstić information content (AvgIpc) is 2.44. The number of carbonyl (C=O) groups excluding carboxylic acids is 1. The zero-order valence-corrected chi connectivity index (χ0v) is 13.1. The molecule has 23 heavy (non-hydrogen) atoms. The second kappa shape index (κ2) is 6.88. The number of carbonyl (C=O) groups is 1. The number of hydrogen-bond donors (Lipinski definition) is 1. The molecule has 0 aliphatic carbocycles. The minimum absolute atomic E-state index is 0.0666. The van der Waals surface area contributed by atoms with E-state index in [0.29, 0.717) is 11.1 Å². The number of nitrogens with one attached hydrogen (secondary N) is 1. The summed E-state index contributed by atoms with van der Waals surface area (Å²) >= 11 is 0. The molecule has 5 nitrogen and oxygen atoms in total. The standard InChI is InChI=1S/C17H16FN3O2/c1-17(2,3)21-16(22)23-15-19-10-13(11-20-15)8-7-12-5-4-6-14(18)9-12/h4-6,9-11H,1-3H3,(H,21,22). The van der Waals surface area contributed by atoms with Crippen molar-refractivity contribution in [1.82, 2.24) is 15.3 Å². The lowest BCUT2D eigenvalue weighted by molar-refractivity contribution is 0.186. The Morgan fingerprint density at radius 3 is 2.43 bits per heavy atom. The lowest BCUT2D eigenvalue weighted by atomic mass is 10.1. The molecular weight excluding hydrogens is 297 g/mol. The summed E-state index contributed by atoms with van der Waals surface area (Å²) in [4.78, 5) is 19.4. The predicted octanol–water partition coefficient (Wildman–Crippen LogP) is 2.90. The van der Waals surface area contributed by atoms with Gasteiger partial charge in [-0.2, -0.15) is 0 Å². The van der Waals surface area contributed by atoms with Gasteiger partial charge < -0.3 is 10.1 Å². The van der Waals surface area contributed by atoms with Crippen LogP contribution in [0.1, 0.15) is 31.9 Å². The monoisotopic (exact) mass is 313 g/mol. The molecule has 0 atom stereocenters. The maximum Gasteiger partial charge on any atom is 0.415 e. The largest absolute Gasteiger partial charge is 0.415 e. The maximum absolute atomic E-state index is 13.0. The Morgan fingerprint density at radius 1 is 1.17 bits per heavy atom. The number of ether oxygens (including phenoxy) is 1. The van der Waals surface area contributed by atoms with Crippen LogP contribution in [0.4, 0.5) is 9.18 Å². The number of nitrogens with zero attached hydrogens (tertiary/aromatic N) is 2. The highest BCUT2D eigenvalue weighted by Gasteiger charge is 2.15. The van der Waals surface area contributed by atoms with Crippen LogP contribution in [0.25, 0.3) is 0 Å². The summed E-state index contributed by atoms with van der Waals surface area (Å²) in [5.41, 5.74) is 0.667. The van der Waals surface area contributed by atoms with Crippen LogP contribution in [-0.2, 0) is 0 Å². The fourth-order valence-corrected chi connectivity index (χ4v) is 1.56. The molecule has 6 heteroatoms. The van der Waals surface area contributed by atoms with Gasteiger partial charge in [0.05, 0.1) is 5.56 Å². The van der Waals surface area contributed by atoms with Gasteiger partial charge in [0.15, 0.2) is 0 Å². The van der Waals surface area contributed by atoms with E-state index in [9.17, 15) is 9.18 Å². The molecule has 0 saturated carbocycles. The molecule has 0 spiro atoms. The zero-order valence-electron chi connectivity index (χ0n) is 13.1. The van der Waals surface area contributed by atoms with Gasteiger partial charge in [0, 0.05) is 23.5 Å². The predicted molar refractivity (Wildman–Crippen MR) is 83.3 cm³/mol. The SMILES string of the molecule is CC(C)(C)NC(=O)Oc1ncc(C#Cc2cccc(F)c2)cn1. The van der Waals surface area contributed by atoms with Crippen LogP contribution < -0.4 is 10.1 Å². The van der Waals surface area contributed by atoms with Gasteiger partial charge in [-0.3, -0.25) is 0 Å². The average molecular weight is 313 g/mol. The third-order valence-electron chi connectivity index (χ3n) is 2.46. The molecule has 1 heterocycles. The van der Waals surface area contributed by atoms with Gasteiger partial charge in [-0.05, 0) is 39.0 Å². The van der Waals surface area contributed by atoms with E-state index in [4.69, 9.17) is 4.74 Å². The Kier molecular flexibility index (Phi) is 4.91. The fraction of sp³-hybridized carbons (Fsp3) is 0.235. The maximum atomic E-state index is 13.0. The summed E-state index contributed by atoms with van der Waals surface area (Å²) in [7, 11) is 0. The molecule has 118 valence electrons. The summed E-state index contributed by atoms with van der Waals surface area (Å²) < 4.78 is 18.0. The van der Waals surface area contributed by atoms with Gasteiger partial charge in [-0.1, -0.05) is 17.9 Å². The van der Waals surface area contributed by atoms with Crippen LogP contribution in [-0.4, -0.2) is 21.6 Å². The molecule has 0 bridgehead atoms. The molecule has 2 aromatic rings. The number of aromatic nitrogens is 2. The van der Waals surface area contributed by atoms with E-state index in [1.807, 2.05) is 20.8 Å². The van der Waals surface area contributed by atoms with Crippen LogP contribution in [0.2, 0.25) is 0 Å². The number of halogens is 1. The minimum Gasteiger partial charge on any atom is -0.374 e. The van der Waals surface area contributed by atoms with Crippen molar-refractivity contribution in [2.24, 2.45) is 0 Å². The van der Waals surface area contributed by atoms with Gasteiger partial charge in [-0.15, -0.1) is 0 Å². The quantitative estimate of drug-likeness (QED) is 0.822. The molecule has 0 aliphatic rings. The van der Waals surface area contributed by atoms with Crippen molar-refractivity contribution in [3.8, 4) is 17.9 Å². The van der Waals surface area contributed by atoms with Gasteiger partial charge in [-0.25, -0.2) is 19.2 Å². The second-order valence-electron chi connectivity index (χ2n) is 5.78. The van der Waals surface area contributed by atoms with Crippen molar-refractivity contribution in [2.45, 2.75) is 26.3 Å². The molecule has 0 fully saturated rings. The summed E-state index contributed by atoms with van der Waals surface area (Å²) in [5, 5.41) is 2.63. The second-order valence-corrected chi connectivity index (χ2v) is 5.78. The van der Waals surface area contributed by atoms with Crippen LogP contribution in [0.15, 0.2) is 36.7 Å². The number of amides is 1. The van der Waals surface area contributed by atoms with Gasteiger partial charge in [0.1, 0.15) is 5.82 Å². The third kappa shape index (κ3) is 5.75. The van der Waals surface area contributed by atoms with Crippen LogP contribution >= 0.6 is 0 Å². The molecular formula is C17H16FN3O2. The zero-order chi connectivity index (χ0) is 16.9. The highest BCUT2D eigenvalue weighted by Crippen LogP contribution is 2.05. The number of rotatable bonds is 1. The van der Waals surface area contributed by atoms with Gasteiger partial charge in [0.2, 0.25) is 0 Å². The topological polar surface area (TPSA) is 64.1 Å². The fourth-order valence-electron chi connectivity index (χ4n) is 1.56. The Hall–Kier alpha value is -2.94. The Bertz CT molecular complexity index is 756. The van der Waals surface area contributed by atoms with Crippen molar-refractivity contribution < 1.29 is 13.9 Å². The summed E-state index contributed by atoms with van der Waals surface area (Å²) in [6.45, 7) is 5.50. The molecule has 1 amide bonds. The van der Waals surface area contributed by atoms with Crippen molar-refractivity contribution >= 4 is 6.09 Å². The molecule has 1 N–H and O–H groups in total. The molecule has 1 aromatic heterocycles. The first-order valence-electron chi connectivity index (χ1n) is 6.91. The van der Waals surface area contributed by atoms with Crippen molar-refractivity contribution in [1.29, 1.82) is 0 Å². The molecule has 1 aromatic carbocycles. The number of hydrogen-bond acceptors (Lipinski definition) is 4. The molecule has 0 aliphatic heterocycles. The van der Waals surface area contributed by atoms with E-state index in [1.165, 1.54) is 24.5 Å². The summed E-state index contributed by atoms with van der Waals surface area (Å²) in [6.07, 6.45) is 2.23. The first-order chi connectivity index (χ1) is 10.8. The highest BCUT2D eigenvalue weighted by molar-refractivity contribution is 5.70. The van der Waals surface area contributed by atoms with Crippen molar-refractivity contribution in [3.05, 3.63) is 53.6 Å². The van der Waals surface area contributed by atoms with E-state index in [0.717, 1.165) is 0 Å². The van der Waals surface area contributed by atoms with Gasteiger partial charge >= 0.3 is 12.1 Å². The number of benzene rings is 1. The first-order valence-corrected chi connectivity index (χ1v) is 6.91. The third-order valence-corrected chi connectivity index (χ3v) is 2.46. The summed E-state index contributed by atoms with van der Waals surface area (Å²) in [6, 6.07) is 5.90. The highest BCUT2D eigenvalue weighted by atomic mass is 19.1. The van der Waals surface area contributed by atoms with E-state index in [-0.39, 0.29) is 11.8 Å². The van der Waals surface area contributed by atoms with Crippen molar-refractivity contribution in [2.75, 3.05) is 0 Å². The van der Waals surface area contributed by atoms with E-state index < -0.39 is 11.6 Å². The van der Waals surface area contributed by atoms with Gasteiger partial charge in [0.25, 0.3) is 0 Å². The Morgan fingerprint density at radius 2 is 1.83 bits per heavy atom. The lowest BCUT2D eigenvalue weighted by Crippen LogP contribution is -2.42. The van der Waals surface area contributed by atoms with Crippen LogP contribution in [0.5, 0.6) is 6.01 Å². The summed E-state index contributed by atoms with van der Waals surface area (Å²) in [5.74, 6) is 5.27. The van der Waals surface area contributed by atoms with E-state index >= 15 is 0 Å². The lowest BCUT2D eigenvalue weighted by Gasteiger charge is -2.19. The van der Waals surface area contributed by atoms with E-state index in [1.54, 1.807) is 12.1 Å². The molecule has 0 saturated heterocycles. The Labute approximate surface area is 133 Å².